The predicted molar refractivity (Wildman–Crippen MR) is 80.5 cm³/mol. The number of hydrogen-bond acceptors (Lipinski definition) is 4. The van der Waals surface area contributed by atoms with Crippen molar-refractivity contribution in [1.29, 1.82) is 0 Å². The first-order valence-corrected chi connectivity index (χ1v) is 6.81. The fourth-order valence-electron chi connectivity index (χ4n) is 2.33. The summed E-state index contributed by atoms with van der Waals surface area (Å²) in [7, 11) is 2.58. The SMILES string of the molecule is CN1C(=O)C(C(C)(O)/C=C/c2ccccc2)C(=O)N(C)C1=O. The lowest BCUT2D eigenvalue weighted by molar-refractivity contribution is -0.155. The minimum absolute atomic E-state index is 0.700. The first kappa shape index (κ1) is 15.9. The third-order valence-corrected chi connectivity index (χ3v) is 3.73. The third kappa shape index (κ3) is 2.78. The molecule has 0 saturated carbocycles. The van der Waals surface area contributed by atoms with E-state index in [-0.39, 0.29) is 0 Å². The Labute approximate surface area is 128 Å². The smallest absolute Gasteiger partial charge is 0.332 e. The standard InChI is InChI=1S/C16H18N2O4/c1-16(22,10-9-11-7-5-4-6-8-11)12-13(19)17(2)15(21)18(3)14(12)20/h4-10,12,22H,1-3H3/b10-9+. The highest BCUT2D eigenvalue weighted by Gasteiger charge is 2.50. The molecule has 0 spiro atoms. The molecule has 0 aromatic heterocycles. The molecular formula is C16H18N2O4. The van der Waals surface area contributed by atoms with E-state index in [2.05, 4.69) is 0 Å². The van der Waals surface area contributed by atoms with Crippen molar-refractivity contribution < 1.29 is 19.5 Å². The molecule has 1 aliphatic heterocycles. The van der Waals surface area contributed by atoms with Crippen LogP contribution in [0.5, 0.6) is 0 Å². The van der Waals surface area contributed by atoms with Crippen LogP contribution < -0.4 is 0 Å². The average molecular weight is 302 g/mol. The van der Waals surface area contributed by atoms with Gasteiger partial charge in [0.1, 0.15) is 11.5 Å². The maximum atomic E-state index is 12.2. The summed E-state index contributed by atoms with van der Waals surface area (Å²) in [6, 6.07) is 8.50. The van der Waals surface area contributed by atoms with Gasteiger partial charge in [0, 0.05) is 14.1 Å². The van der Waals surface area contributed by atoms with Crippen LogP contribution in [0, 0.1) is 5.92 Å². The number of hydrogen-bond donors (Lipinski definition) is 1. The van der Waals surface area contributed by atoms with Gasteiger partial charge >= 0.3 is 6.03 Å². The number of aliphatic hydroxyl groups is 1. The van der Waals surface area contributed by atoms with Crippen LogP contribution in [0.2, 0.25) is 0 Å². The molecule has 1 N–H and O–H groups in total. The summed E-state index contributed by atoms with van der Waals surface area (Å²) in [5, 5.41) is 10.6. The first-order chi connectivity index (χ1) is 10.3. The molecule has 116 valence electrons. The lowest BCUT2D eigenvalue weighted by Crippen LogP contribution is -2.62. The Morgan fingerprint density at radius 2 is 1.55 bits per heavy atom. The van der Waals surface area contributed by atoms with Gasteiger partial charge in [-0.15, -0.1) is 0 Å². The van der Waals surface area contributed by atoms with Crippen LogP contribution >= 0.6 is 0 Å². The Morgan fingerprint density at radius 3 is 2.05 bits per heavy atom. The van der Waals surface area contributed by atoms with E-state index in [0.29, 0.717) is 0 Å². The molecule has 1 aromatic carbocycles. The van der Waals surface area contributed by atoms with Crippen molar-refractivity contribution in [2.75, 3.05) is 14.1 Å². The van der Waals surface area contributed by atoms with Crippen LogP contribution in [0.4, 0.5) is 4.79 Å². The Morgan fingerprint density at radius 1 is 1.05 bits per heavy atom. The molecule has 0 bridgehead atoms. The highest BCUT2D eigenvalue weighted by atomic mass is 16.3. The molecule has 1 heterocycles. The summed E-state index contributed by atoms with van der Waals surface area (Å²) in [5.41, 5.74) is -0.871. The highest BCUT2D eigenvalue weighted by Crippen LogP contribution is 2.27. The van der Waals surface area contributed by atoms with E-state index in [9.17, 15) is 19.5 Å². The molecule has 22 heavy (non-hydrogen) atoms. The summed E-state index contributed by atoms with van der Waals surface area (Å²) in [6.07, 6.45) is 3.04. The van der Waals surface area contributed by atoms with Gasteiger partial charge in [-0.05, 0) is 12.5 Å². The van der Waals surface area contributed by atoms with Crippen molar-refractivity contribution in [2.24, 2.45) is 5.92 Å². The topological polar surface area (TPSA) is 77.9 Å². The summed E-state index contributed by atoms with van der Waals surface area (Å²) in [5.74, 6) is -2.77. The Bertz CT molecular complexity index is 613. The molecule has 1 saturated heterocycles. The molecule has 1 aliphatic rings. The van der Waals surface area contributed by atoms with Crippen molar-refractivity contribution in [3.05, 3.63) is 42.0 Å². The van der Waals surface area contributed by atoms with Gasteiger partial charge in [0.15, 0.2) is 0 Å². The fourth-order valence-corrected chi connectivity index (χ4v) is 2.33. The van der Waals surface area contributed by atoms with Crippen LogP contribution in [-0.4, -0.2) is 52.4 Å². The Hall–Kier alpha value is -2.47. The molecule has 1 fully saturated rings. The molecule has 0 radical (unpaired) electrons. The molecule has 0 aliphatic carbocycles. The van der Waals surface area contributed by atoms with E-state index in [0.717, 1.165) is 15.4 Å². The molecule has 6 heteroatoms. The van der Waals surface area contributed by atoms with E-state index < -0.39 is 29.4 Å². The second-order valence-corrected chi connectivity index (χ2v) is 5.48. The summed E-state index contributed by atoms with van der Waals surface area (Å²) in [4.78, 5) is 37.8. The van der Waals surface area contributed by atoms with E-state index in [1.54, 1.807) is 6.08 Å². The largest absolute Gasteiger partial charge is 0.385 e. The lowest BCUT2D eigenvalue weighted by atomic mass is 9.85. The van der Waals surface area contributed by atoms with Gasteiger partial charge in [-0.3, -0.25) is 19.4 Å². The molecule has 1 atom stereocenters. The quantitative estimate of drug-likeness (QED) is 0.849. The van der Waals surface area contributed by atoms with Gasteiger partial charge in [-0.1, -0.05) is 42.5 Å². The number of nitrogens with zero attached hydrogens (tertiary/aromatic N) is 2. The number of rotatable bonds is 3. The van der Waals surface area contributed by atoms with Crippen LogP contribution in [0.15, 0.2) is 36.4 Å². The minimum Gasteiger partial charge on any atom is -0.385 e. The molecule has 6 nitrogen and oxygen atoms in total. The number of benzene rings is 1. The van der Waals surface area contributed by atoms with E-state index in [1.807, 2.05) is 30.3 Å². The van der Waals surface area contributed by atoms with Gasteiger partial charge in [-0.25, -0.2) is 4.79 Å². The van der Waals surface area contributed by atoms with Gasteiger partial charge in [0.05, 0.1) is 0 Å². The summed E-state index contributed by atoms with van der Waals surface area (Å²) in [6.45, 7) is 1.38. The zero-order valence-electron chi connectivity index (χ0n) is 12.7. The number of barbiturate groups is 1. The van der Waals surface area contributed by atoms with E-state index in [4.69, 9.17) is 0 Å². The maximum Gasteiger partial charge on any atom is 0.332 e. The van der Waals surface area contributed by atoms with Crippen LogP contribution in [-0.2, 0) is 9.59 Å². The van der Waals surface area contributed by atoms with Crippen molar-refractivity contribution in [2.45, 2.75) is 12.5 Å². The number of imide groups is 2. The molecule has 1 aromatic rings. The molecule has 1 unspecified atom stereocenters. The monoisotopic (exact) mass is 302 g/mol. The lowest BCUT2D eigenvalue weighted by Gasteiger charge is -2.38. The molecular weight excluding hydrogens is 284 g/mol. The number of carbonyl (C=O) groups is 3. The second kappa shape index (κ2) is 5.73. The summed E-state index contributed by atoms with van der Waals surface area (Å²) < 4.78 is 0. The van der Waals surface area contributed by atoms with Gasteiger partial charge in [0.25, 0.3) is 0 Å². The Kier molecular flexibility index (Phi) is 4.14. The second-order valence-electron chi connectivity index (χ2n) is 5.48. The average Bonchev–Trinajstić information content (AvgIpc) is 2.50. The number of carbonyl (C=O) groups excluding carboxylic acids is 3. The van der Waals surface area contributed by atoms with E-state index >= 15 is 0 Å². The van der Waals surface area contributed by atoms with Crippen LogP contribution in [0.3, 0.4) is 0 Å². The van der Waals surface area contributed by atoms with Crippen LogP contribution in [0.1, 0.15) is 12.5 Å². The first-order valence-electron chi connectivity index (χ1n) is 6.81. The van der Waals surface area contributed by atoms with Crippen LogP contribution in [0.25, 0.3) is 6.08 Å². The molecule has 4 amide bonds. The number of urea groups is 1. The van der Waals surface area contributed by atoms with E-state index in [1.165, 1.54) is 27.1 Å². The van der Waals surface area contributed by atoms with Crippen molar-refractivity contribution in [3.63, 3.8) is 0 Å². The van der Waals surface area contributed by atoms with Crippen molar-refractivity contribution in [3.8, 4) is 0 Å². The third-order valence-electron chi connectivity index (χ3n) is 3.73. The minimum atomic E-state index is -1.70. The normalized spacial score (nSPS) is 19.9. The number of amides is 4. The van der Waals surface area contributed by atoms with Crippen molar-refractivity contribution in [1.82, 2.24) is 9.80 Å². The van der Waals surface area contributed by atoms with Gasteiger partial charge < -0.3 is 5.11 Å². The van der Waals surface area contributed by atoms with Gasteiger partial charge in [0.2, 0.25) is 11.8 Å². The highest BCUT2D eigenvalue weighted by molar-refractivity contribution is 6.16. The molecule has 2 rings (SSSR count). The maximum absolute atomic E-state index is 12.2. The fraction of sp³-hybridized carbons (Fsp3) is 0.312. The Balaban J connectivity index is 2.31. The summed E-state index contributed by atoms with van der Waals surface area (Å²) >= 11 is 0. The zero-order valence-corrected chi connectivity index (χ0v) is 12.7. The predicted octanol–water partition coefficient (Wildman–Crippen LogP) is 1.12. The van der Waals surface area contributed by atoms with Crippen molar-refractivity contribution >= 4 is 23.9 Å². The van der Waals surface area contributed by atoms with Gasteiger partial charge in [-0.2, -0.15) is 0 Å². The zero-order chi connectivity index (χ0) is 16.5.